The second kappa shape index (κ2) is 53.2. The SMILES string of the molecule is CCCC[C@H]1C(=O)N2C[C@H](O)C[C@@H]2C(=O)N[C@@H](CC(N)=O)C(=O)N[C@@H](C(C)C)C(=O)N(C)[C@@H](Cc2ccccc2)C(=O)N[C@@H](Cc2ccc(O)cc2)C(=O)N(C)[C@H](CCC(=O)O)C(=O)N[C@@H](Cc2c[nH]c3ccccc23)C(=O)N[C@@H](Cc2ccc(O)cc2)C(=O)N[C@@H](CCCCN)C(=O)N[C@H](C(=O)NCC(N)=O)CSCC(=O)N[C@@H](Cc2cc(F)c(F)c(F)c2)C(=O)N(C)[C@@H](CCc2ccccc2)C(=O)N1C. The fourth-order valence-electron chi connectivity index (χ4n) is 17.0. The summed E-state index contributed by atoms with van der Waals surface area (Å²) in [7, 11) is 4.77. The third kappa shape index (κ3) is 31.8. The van der Waals surface area contributed by atoms with E-state index in [9.17, 15) is 48.8 Å². The predicted octanol–water partition coefficient (Wildman–Crippen LogP) is 1.35. The molecule has 0 saturated carbocycles. The number of amides is 16. The Kier molecular flexibility index (Phi) is 41.7. The fraction of sp³-hybridized carbons (Fsp3) is 0.444. The van der Waals surface area contributed by atoms with E-state index in [4.69, 9.17) is 17.2 Å². The van der Waals surface area contributed by atoms with Crippen LogP contribution in [0.5, 0.6) is 11.5 Å². The molecule has 16 amide bonds. The van der Waals surface area contributed by atoms with Crippen LogP contribution in [-0.4, -0.2) is 294 Å². The highest BCUT2D eigenvalue weighted by molar-refractivity contribution is 8.00. The third-order valence-corrected chi connectivity index (χ3v) is 25.9. The fourth-order valence-corrected chi connectivity index (χ4v) is 17.8. The Morgan fingerprint density at radius 2 is 0.993 bits per heavy atom. The standard InChI is InChI=1S/C99H125F3N18O21S/c1-8-9-27-77-98(140)120-52-64(123)48-80(120)94(136)112-72(49-81(104)124)91(133)115-86(55(2)3)99(141)119(7)79(46-57-22-14-11-15-23-57)93(135)113-74(44-59-30-35-63(122)36-31-59)96(138)116(4)76(38-39-84(127)128)92(134)111-71(47-61-50-106-68-25-17-16-24-65(61)68)90(132)110-70(43-58-28-33-62(121)34-29-58)89(131)109-69(26-18-19-40-103)88(130)114-75(87(129)107-51-82(105)125)53-142-54-83(126)108-73(45-60-41-66(100)85(102)67(101)42-60)95(137)117(5)78(97(139)118(77)6)37-32-56-20-12-10-13-21-56/h10-17,20-25,28-31,33-36,41-42,50,55,64,69-80,86,106,121-123H,8-9,18-19,26-27,32,37-40,43-49,51-54,103H2,1-7H3,(H2,104,124)(H2,105,125)(H,107,129)(H,108,126)(H,109,131)(H,110,132)(H,111,134)(H,112,136)(H,113,135)(H,114,130)(H,115,133)(H,127,128)/t64-,69+,70+,71+,72+,73+,74+,75+,76-,77+,78+,79+,80-,86+/m1/s1. The molecule has 7 aromatic rings. The smallest absolute Gasteiger partial charge is 0.303 e. The number of aromatic hydroxyl groups is 2. The van der Waals surface area contributed by atoms with E-state index in [0.717, 1.165) is 31.5 Å². The van der Waals surface area contributed by atoms with Gasteiger partial charge >= 0.3 is 5.97 Å². The number of aliphatic hydroxyl groups excluding tert-OH is 1. The van der Waals surface area contributed by atoms with Crippen LogP contribution in [0.2, 0.25) is 0 Å². The van der Waals surface area contributed by atoms with Crippen molar-refractivity contribution in [3.63, 3.8) is 0 Å². The van der Waals surface area contributed by atoms with Crippen molar-refractivity contribution >= 4 is 123 Å². The molecular weight excluding hydrogens is 1870 g/mol. The first-order valence-electron chi connectivity index (χ1n) is 46.7. The molecule has 0 unspecified atom stereocenters. The van der Waals surface area contributed by atoms with Crippen molar-refractivity contribution in [2.45, 2.75) is 215 Å². The number of aliphatic hydroxyl groups is 1. The van der Waals surface area contributed by atoms with Gasteiger partial charge in [0, 0.05) is 103 Å². The maximum absolute atomic E-state index is 15.8. The number of hydrogen-bond donors (Lipinski definition) is 17. The van der Waals surface area contributed by atoms with Crippen LogP contribution in [0, 0.1) is 23.4 Å². The predicted molar refractivity (Wildman–Crippen MR) is 516 cm³/mol. The molecule has 2 fully saturated rings. The normalized spacial score (nSPS) is 22.9. The van der Waals surface area contributed by atoms with Crippen LogP contribution in [-0.2, 0) is 120 Å². The number of benzene rings is 6. The number of aliphatic carboxylic acids is 1. The number of carboxylic acids is 1. The Morgan fingerprint density at radius 3 is 1.58 bits per heavy atom. The summed E-state index contributed by atoms with van der Waals surface area (Å²) in [6, 6.07) is 12.9. The summed E-state index contributed by atoms with van der Waals surface area (Å²) in [6.07, 6.45) is -4.85. The van der Waals surface area contributed by atoms with Gasteiger partial charge in [-0.15, -0.1) is 11.8 Å². The summed E-state index contributed by atoms with van der Waals surface area (Å²) in [5, 5.41) is 66.6. The number of hydrogen-bond acceptors (Lipinski definition) is 22. The van der Waals surface area contributed by atoms with E-state index < -0.39 is 284 Å². The molecule has 1 aromatic heterocycles. The number of thioether (sulfide) groups is 1. The number of nitrogens with two attached hydrogens (primary N) is 3. The van der Waals surface area contributed by atoms with Gasteiger partial charge in [-0.25, -0.2) is 13.2 Å². The highest BCUT2D eigenvalue weighted by Crippen LogP contribution is 2.29. The number of fused-ring (bicyclic) bond motifs is 2. The Balaban J connectivity index is 1.17. The zero-order valence-electron chi connectivity index (χ0n) is 79.9. The van der Waals surface area contributed by atoms with E-state index in [1.54, 1.807) is 91.9 Å². The highest BCUT2D eigenvalue weighted by Gasteiger charge is 2.47. The number of carboxylic acid groups (broad SMARTS) is 1. The average molecular weight is 1990 g/mol. The maximum atomic E-state index is 15.8. The summed E-state index contributed by atoms with van der Waals surface area (Å²) in [5.74, 6) is -26.5. The van der Waals surface area contributed by atoms with Crippen LogP contribution in [0.3, 0.4) is 0 Å². The molecule has 2 saturated heterocycles. The Hall–Kier alpha value is -14.5. The summed E-state index contributed by atoms with van der Waals surface area (Å²) >= 11 is 0.635. The monoisotopic (exact) mass is 1990 g/mol. The van der Waals surface area contributed by atoms with Gasteiger partial charge < -0.3 is 115 Å². The number of nitrogens with zero attached hydrogens (tertiary/aromatic N) is 5. The van der Waals surface area contributed by atoms with Crippen LogP contribution < -0.4 is 65.1 Å². The lowest BCUT2D eigenvalue weighted by Gasteiger charge is -2.38. The number of carbonyl (C=O) groups excluding carboxylic acids is 16. The van der Waals surface area contributed by atoms with Gasteiger partial charge in [0.15, 0.2) is 17.5 Å². The van der Waals surface area contributed by atoms with E-state index in [2.05, 4.69) is 52.8 Å². The molecule has 43 heteroatoms. The molecule has 0 radical (unpaired) electrons. The number of aromatic nitrogens is 1. The number of carbonyl (C=O) groups is 17. The quantitative estimate of drug-likeness (QED) is 0.0232. The van der Waals surface area contributed by atoms with Crippen molar-refractivity contribution in [2.24, 2.45) is 23.1 Å². The maximum Gasteiger partial charge on any atom is 0.303 e. The zero-order chi connectivity index (χ0) is 104. The third-order valence-electron chi connectivity index (χ3n) is 24.9. The second-order valence-electron chi connectivity index (χ2n) is 35.8. The molecule has 9 rings (SSSR count). The second-order valence-corrected chi connectivity index (χ2v) is 36.8. The first kappa shape index (κ1) is 111. The Labute approximate surface area is 822 Å². The van der Waals surface area contributed by atoms with Crippen molar-refractivity contribution in [1.29, 1.82) is 0 Å². The van der Waals surface area contributed by atoms with Gasteiger partial charge in [-0.05, 0) is 133 Å². The van der Waals surface area contributed by atoms with Crippen molar-refractivity contribution in [3.8, 4) is 11.5 Å². The van der Waals surface area contributed by atoms with Gasteiger partial charge in [0.05, 0.1) is 24.8 Å². The number of nitrogens with one attached hydrogen (secondary N) is 10. The van der Waals surface area contributed by atoms with E-state index in [1.165, 1.54) is 89.7 Å². The number of primary amides is 2. The minimum Gasteiger partial charge on any atom is -0.508 e. The van der Waals surface area contributed by atoms with Crippen LogP contribution in [0.15, 0.2) is 152 Å². The first-order valence-corrected chi connectivity index (χ1v) is 47.8. The number of aromatic amines is 1. The van der Waals surface area contributed by atoms with Crippen LogP contribution in [0.1, 0.15) is 125 Å². The molecule has 142 heavy (non-hydrogen) atoms. The van der Waals surface area contributed by atoms with Crippen molar-refractivity contribution in [3.05, 3.63) is 203 Å². The summed E-state index contributed by atoms with van der Waals surface area (Å²) in [5.41, 5.74) is 19.4. The number of halogens is 3. The van der Waals surface area contributed by atoms with Gasteiger partial charge in [0.25, 0.3) is 0 Å². The van der Waals surface area contributed by atoms with Gasteiger partial charge in [-0.3, -0.25) is 81.5 Å². The van der Waals surface area contributed by atoms with Crippen LogP contribution in [0.25, 0.3) is 10.9 Å². The molecule has 2 aliphatic heterocycles. The number of unbranched alkanes of at least 4 members (excludes halogenated alkanes) is 2. The molecule has 2 aliphatic rings. The van der Waals surface area contributed by atoms with Crippen LogP contribution in [0.4, 0.5) is 13.2 Å². The van der Waals surface area contributed by atoms with E-state index in [0.29, 0.717) is 57.9 Å². The molecule has 14 atom stereocenters. The number of H-pyrrole nitrogens is 1. The highest BCUT2D eigenvalue weighted by atomic mass is 32.2. The van der Waals surface area contributed by atoms with Crippen molar-refractivity contribution < 1.29 is 115 Å². The summed E-state index contributed by atoms with van der Waals surface area (Å²) < 4.78 is 45.3. The molecule has 0 bridgehead atoms. The van der Waals surface area contributed by atoms with Gasteiger partial charge in [0.1, 0.15) is 90.0 Å². The number of rotatable bonds is 29. The van der Waals surface area contributed by atoms with E-state index in [-0.39, 0.29) is 86.1 Å². The molecule has 6 aromatic carbocycles. The van der Waals surface area contributed by atoms with Crippen molar-refractivity contribution in [2.75, 3.05) is 59.3 Å². The van der Waals surface area contributed by atoms with Crippen LogP contribution >= 0.6 is 11.8 Å². The number of phenols is 2. The average Bonchev–Trinajstić information content (AvgIpc) is 1.25. The van der Waals surface area contributed by atoms with Gasteiger partial charge in [-0.1, -0.05) is 137 Å². The Morgan fingerprint density at radius 1 is 0.493 bits per heavy atom. The number of phenolic OH excluding ortho intramolecular Hbond substituents is 2. The molecule has 20 N–H and O–H groups in total. The molecule has 39 nitrogen and oxygen atoms in total. The first-order chi connectivity index (χ1) is 67.5. The topological polar surface area (TPSA) is 589 Å². The van der Waals surface area contributed by atoms with E-state index >= 15 is 66.3 Å². The molecule has 3 heterocycles. The summed E-state index contributed by atoms with van der Waals surface area (Å²) in [4.78, 5) is 261. The zero-order valence-corrected chi connectivity index (χ0v) is 80.7. The van der Waals surface area contributed by atoms with Crippen molar-refractivity contribution in [1.82, 2.24) is 77.3 Å². The minimum absolute atomic E-state index is 0.0434. The van der Waals surface area contributed by atoms with Gasteiger partial charge in [0.2, 0.25) is 94.5 Å². The number of para-hydroxylation sites is 1. The minimum atomic E-state index is -1.95. The summed E-state index contributed by atoms with van der Waals surface area (Å²) in [6.45, 7) is 3.51. The number of likely N-dealkylation sites (N-methyl/N-ethyl adjacent to an activating group) is 4. The molecule has 0 spiro atoms. The lowest BCUT2D eigenvalue weighted by Crippen LogP contribution is -2.62. The lowest BCUT2D eigenvalue weighted by atomic mass is 9.98. The largest absolute Gasteiger partial charge is 0.508 e. The molecular formula is C99H125F3N18O21S. The molecule has 0 aliphatic carbocycles. The Bertz CT molecular complexity index is 5610. The number of aryl methyl sites for hydroxylation is 1. The van der Waals surface area contributed by atoms with Gasteiger partial charge in [-0.2, -0.15) is 0 Å². The molecule has 764 valence electrons. The lowest BCUT2D eigenvalue weighted by molar-refractivity contribution is -0.152. The van der Waals surface area contributed by atoms with E-state index in [1.807, 2.05) is 0 Å².